The van der Waals surface area contributed by atoms with E-state index in [4.69, 9.17) is 10.2 Å². The molecule has 1 aromatic heterocycles. The topological polar surface area (TPSA) is 111 Å². The number of benzene rings is 1. The molecule has 0 bridgehead atoms. The van der Waals surface area contributed by atoms with Gasteiger partial charge >= 0.3 is 6.01 Å². The molecule has 7 nitrogen and oxygen atoms in total. The molecule has 0 aliphatic heterocycles. The summed E-state index contributed by atoms with van der Waals surface area (Å²) in [7, 11) is -3.82. The van der Waals surface area contributed by atoms with Gasteiger partial charge in [0.05, 0.1) is 5.69 Å². The highest BCUT2D eigenvalue weighted by molar-refractivity contribution is 7.92. The van der Waals surface area contributed by atoms with Gasteiger partial charge in [-0.3, -0.25) is 0 Å². The van der Waals surface area contributed by atoms with Gasteiger partial charge in [0, 0.05) is 6.92 Å². The van der Waals surface area contributed by atoms with Crippen LogP contribution < -0.4 is 10.5 Å². The zero-order valence-corrected chi connectivity index (χ0v) is 10.7. The molecule has 96 valence electrons. The Bertz CT molecular complexity index is 678. The number of nitrogens with two attached hydrogens (primary N) is 1. The van der Waals surface area contributed by atoms with Crippen molar-refractivity contribution < 1.29 is 12.8 Å². The van der Waals surface area contributed by atoms with Crippen LogP contribution in [0.25, 0.3) is 0 Å². The Kier molecular flexibility index (Phi) is 2.95. The van der Waals surface area contributed by atoms with Gasteiger partial charge in [0.1, 0.15) is 4.90 Å². The summed E-state index contributed by atoms with van der Waals surface area (Å²) in [5, 5.41) is 7.08. The van der Waals surface area contributed by atoms with Crippen LogP contribution in [0.1, 0.15) is 11.5 Å². The van der Waals surface area contributed by atoms with Gasteiger partial charge in [-0.1, -0.05) is 11.2 Å². The van der Waals surface area contributed by atoms with E-state index in [0.717, 1.165) is 5.56 Å². The van der Waals surface area contributed by atoms with E-state index in [1.165, 1.54) is 6.07 Å². The van der Waals surface area contributed by atoms with E-state index in [0.29, 0.717) is 0 Å². The molecule has 8 heteroatoms. The van der Waals surface area contributed by atoms with Crippen LogP contribution >= 0.6 is 0 Å². The van der Waals surface area contributed by atoms with Gasteiger partial charge in [-0.15, -0.1) is 5.10 Å². The van der Waals surface area contributed by atoms with E-state index in [-0.39, 0.29) is 22.5 Å². The van der Waals surface area contributed by atoms with Crippen molar-refractivity contribution in [2.75, 3.05) is 10.5 Å². The molecule has 0 amide bonds. The molecular weight excluding hydrogens is 256 g/mol. The maximum Gasteiger partial charge on any atom is 0.329 e. The van der Waals surface area contributed by atoms with Gasteiger partial charge in [0.15, 0.2) is 0 Å². The fraction of sp³-hybridized carbons (Fsp3) is 0.200. The summed E-state index contributed by atoms with van der Waals surface area (Å²) in [6, 6.07) is 4.47. The number of aryl methyl sites for hydroxylation is 2. The largest absolute Gasteiger partial charge is 0.408 e. The number of hydrogen-bond acceptors (Lipinski definition) is 6. The lowest BCUT2D eigenvalue weighted by molar-refractivity contribution is 0.534. The van der Waals surface area contributed by atoms with Gasteiger partial charge in [-0.25, -0.2) is 13.1 Å². The van der Waals surface area contributed by atoms with Gasteiger partial charge in [0.25, 0.3) is 10.0 Å². The Hall–Kier alpha value is -2.09. The monoisotopic (exact) mass is 268 g/mol. The van der Waals surface area contributed by atoms with Crippen molar-refractivity contribution in [3.63, 3.8) is 0 Å². The van der Waals surface area contributed by atoms with Crippen molar-refractivity contribution in [1.82, 2.24) is 10.2 Å². The third kappa shape index (κ3) is 2.43. The first-order chi connectivity index (χ1) is 8.38. The lowest BCUT2D eigenvalue weighted by Crippen LogP contribution is -2.15. The molecule has 2 aromatic rings. The molecule has 0 fully saturated rings. The average molecular weight is 268 g/mol. The fourth-order valence-corrected chi connectivity index (χ4v) is 2.46. The second-order valence-corrected chi connectivity index (χ2v) is 5.42. The molecule has 0 saturated carbocycles. The highest BCUT2D eigenvalue weighted by Crippen LogP contribution is 2.21. The molecule has 1 heterocycles. The SMILES string of the molecule is Cc1ccc(S(=O)(=O)Nc2nnc(C)o2)c(N)c1. The van der Waals surface area contributed by atoms with Crippen molar-refractivity contribution in [3.05, 3.63) is 29.7 Å². The Morgan fingerprint density at radius 2 is 2.00 bits per heavy atom. The van der Waals surface area contributed by atoms with E-state index in [2.05, 4.69) is 14.9 Å². The van der Waals surface area contributed by atoms with Crippen molar-refractivity contribution in [3.8, 4) is 0 Å². The van der Waals surface area contributed by atoms with Gasteiger partial charge in [0.2, 0.25) is 5.89 Å². The maximum absolute atomic E-state index is 12.0. The molecular formula is C10H12N4O3S. The summed E-state index contributed by atoms with van der Waals surface area (Å²) in [5.74, 6) is 0.268. The predicted octanol–water partition coefficient (Wildman–Crippen LogP) is 1.07. The highest BCUT2D eigenvalue weighted by Gasteiger charge is 2.20. The second kappa shape index (κ2) is 4.30. The summed E-state index contributed by atoms with van der Waals surface area (Å²) in [4.78, 5) is -0.0241. The van der Waals surface area contributed by atoms with Gasteiger partial charge in [-0.05, 0) is 24.6 Å². The zero-order valence-electron chi connectivity index (χ0n) is 9.84. The smallest absolute Gasteiger partial charge is 0.329 e. The van der Waals surface area contributed by atoms with E-state index in [9.17, 15) is 8.42 Å². The first-order valence-corrected chi connectivity index (χ1v) is 6.56. The number of nitrogens with one attached hydrogen (secondary N) is 1. The minimum Gasteiger partial charge on any atom is -0.408 e. The minimum absolute atomic E-state index is 0.0241. The molecule has 0 unspecified atom stereocenters. The number of anilines is 2. The standard InChI is InChI=1S/C10H12N4O3S/c1-6-3-4-9(8(11)5-6)18(15,16)14-10-13-12-7(2)17-10/h3-5H,11H2,1-2H3,(H,13,14). The Morgan fingerprint density at radius 1 is 1.28 bits per heavy atom. The fourth-order valence-electron chi connectivity index (χ4n) is 1.42. The quantitative estimate of drug-likeness (QED) is 0.805. The third-order valence-corrected chi connectivity index (χ3v) is 3.60. The molecule has 2 rings (SSSR count). The van der Waals surface area contributed by atoms with Crippen molar-refractivity contribution in [2.45, 2.75) is 18.7 Å². The van der Waals surface area contributed by atoms with E-state index in [1.807, 2.05) is 6.92 Å². The molecule has 0 spiro atoms. The highest BCUT2D eigenvalue weighted by atomic mass is 32.2. The van der Waals surface area contributed by atoms with Crippen molar-refractivity contribution in [1.29, 1.82) is 0 Å². The molecule has 18 heavy (non-hydrogen) atoms. The summed E-state index contributed by atoms with van der Waals surface area (Å²) in [6.45, 7) is 3.38. The molecule has 0 aliphatic rings. The molecule has 1 aromatic carbocycles. The van der Waals surface area contributed by atoms with Crippen LogP contribution in [0.5, 0.6) is 0 Å². The summed E-state index contributed by atoms with van der Waals surface area (Å²) in [6.07, 6.45) is 0. The normalized spacial score (nSPS) is 11.4. The molecule has 0 saturated heterocycles. The molecule has 0 atom stereocenters. The van der Waals surface area contributed by atoms with Crippen molar-refractivity contribution >= 4 is 21.7 Å². The zero-order chi connectivity index (χ0) is 13.3. The number of nitrogen functional groups attached to an aromatic ring is 1. The van der Waals surface area contributed by atoms with Crippen LogP contribution in [0.2, 0.25) is 0 Å². The van der Waals surface area contributed by atoms with Crippen LogP contribution in [-0.2, 0) is 10.0 Å². The van der Waals surface area contributed by atoms with Crippen LogP contribution in [-0.4, -0.2) is 18.6 Å². The van der Waals surface area contributed by atoms with E-state index >= 15 is 0 Å². The minimum atomic E-state index is -3.82. The molecule has 0 aliphatic carbocycles. The number of aromatic nitrogens is 2. The summed E-state index contributed by atoms with van der Waals surface area (Å²) in [5.41, 5.74) is 6.72. The van der Waals surface area contributed by atoms with Gasteiger partial charge < -0.3 is 10.2 Å². The first-order valence-electron chi connectivity index (χ1n) is 5.07. The Labute approximate surface area is 104 Å². The maximum atomic E-state index is 12.0. The van der Waals surface area contributed by atoms with Crippen LogP contribution in [0.15, 0.2) is 27.5 Å². The predicted molar refractivity (Wildman–Crippen MR) is 65.4 cm³/mol. The average Bonchev–Trinajstić information content (AvgIpc) is 2.62. The number of sulfonamides is 1. The van der Waals surface area contributed by atoms with Crippen LogP contribution in [0.3, 0.4) is 0 Å². The summed E-state index contributed by atoms with van der Waals surface area (Å²) >= 11 is 0. The van der Waals surface area contributed by atoms with Crippen LogP contribution in [0.4, 0.5) is 11.7 Å². The second-order valence-electron chi connectivity index (χ2n) is 3.77. The van der Waals surface area contributed by atoms with Crippen molar-refractivity contribution in [2.24, 2.45) is 0 Å². The van der Waals surface area contributed by atoms with Gasteiger partial charge in [-0.2, -0.15) is 0 Å². The number of hydrogen-bond donors (Lipinski definition) is 2. The van der Waals surface area contributed by atoms with E-state index in [1.54, 1.807) is 19.1 Å². The number of rotatable bonds is 3. The first kappa shape index (κ1) is 12.4. The van der Waals surface area contributed by atoms with E-state index < -0.39 is 10.0 Å². The lowest BCUT2D eigenvalue weighted by atomic mass is 10.2. The lowest BCUT2D eigenvalue weighted by Gasteiger charge is -2.07. The number of nitrogens with zero attached hydrogens (tertiary/aromatic N) is 2. The third-order valence-electron chi connectivity index (χ3n) is 2.20. The Morgan fingerprint density at radius 3 is 2.56 bits per heavy atom. The molecule has 3 N–H and O–H groups in total. The van der Waals surface area contributed by atoms with Crippen LogP contribution in [0, 0.1) is 13.8 Å². The Balaban J connectivity index is 2.36. The summed E-state index contributed by atoms with van der Waals surface area (Å²) < 4.78 is 31.2. The molecule has 0 radical (unpaired) electrons.